The molecule has 38 heavy (non-hydrogen) atoms. The number of benzene rings is 3. The van der Waals surface area contributed by atoms with Gasteiger partial charge in [-0.2, -0.15) is 0 Å². The van der Waals surface area contributed by atoms with Gasteiger partial charge in [-0.1, -0.05) is 30.3 Å². The highest BCUT2D eigenvalue weighted by Gasteiger charge is 2.21. The fourth-order valence-corrected chi connectivity index (χ4v) is 7.06. The van der Waals surface area contributed by atoms with E-state index in [2.05, 4.69) is 83.6 Å². The first kappa shape index (κ1) is 21.6. The van der Waals surface area contributed by atoms with E-state index in [-0.39, 0.29) is 0 Å². The average Bonchev–Trinajstić information content (AvgIpc) is 3.78. The van der Waals surface area contributed by atoms with Crippen molar-refractivity contribution in [3.8, 4) is 44.1 Å². The maximum Gasteiger partial charge on any atom is 0.134 e. The summed E-state index contributed by atoms with van der Waals surface area (Å²) in [6.07, 6.45) is 3.47. The van der Waals surface area contributed by atoms with E-state index in [0.717, 1.165) is 61.1 Å². The molecule has 0 saturated heterocycles. The van der Waals surface area contributed by atoms with Crippen molar-refractivity contribution < 1.29 is 8.83 Å². The molecular weight excluding hydrogens is 507 g/mol. The van der Waals surface area contributed by atoms with E-state index in [0.29, 0.717) is 0 Å². The maximum atomic E-state index is 5.90. The highest BCUT2D eigenvalue weighted by Crippen LogP contribution is 2.46. The largest absolute Gasteiger partial charge is 0.464 e. The van der Waals surface area contributed by atoms with Crippen molar-refractivity contribution in [1.82, 2.24) is 4.98 Å². The molecule has 3 aromatic carbocycles. The third kappa shape index (κ3) is 3.36. The zero-order valence-corrected chi connectivity index (χ0v) is 21.7. The molecular formula is C33H19NO2S2. The van der Waals surface area contributed by atoms with Gasteiger partial charge >= 0.3 is 0 Å². The predicted molar refractivity (Wildman–Crippen MR) is 159 cm³/mol. The Balaban J connectivity index is 1.51. The number of hydrogen-bond donors (Lipinski definition) is 0. The van der Waals surface area contributed by atoms with E-state index in [1.165, 1.54) is 15.0 Å². The number of fused-ring (bicyclic) bond motifs is 3. The number of rotatable bonds is 4. The minimum absolute atomic E-state index is 0.847. The molecule has 0 atom stereocenters. The summed E-state index contributed by atoms with van der Waals surface area (Å²) >= 11 is 3.49. The zero-order valence-electron chi connectivity index (χ0n) is 20.0. The van der Waals surface area contributed by atoms with Crippen LogP contribution in [0, 0.1) is 0 Å². The molecule has 0 aliphatic heterocycles. The monoisotopic (exact) mass is 525 g/mol. The summed E-state index contributed by atoms with van der Waals surface area (Å²) in [6, 6.07) is 31.7. The van der Waals surface area contributed by atoms with Crippen molar-refractivity contribution in [3.63, 3.8) is 0 Å². The van der Waals surface area contributed by atoms with Crippen LogP contribution in [-0.4, -0.2) is 4.98 Å². The van der Waals surface area contributed by atoms with Crippen LogP contribution in [0.1, 0.15) is 0 Å². The maximum absolute atomic E-state index is 5.90. The summed E-state index contributed by atoms with van der Waals surface area (Å²) in [7, 11) is 0. The van der Waals surface area contributed by atoms with Crippen LogP contribution in [0.2, 0.25) is 0 Å². The molecule has 0 aliphatic rings. The summed E-state index contributed by atoms with van der Waals surface area (Å²) in [5, 5.41) is 7.77. The average molecular weight is 526 g/mol. The van der Waals surface area contributed by atoms with E-state index in [4.69, 9.17) is 13.8 Å². The molecule has 5 aromatic heterocycles. The number of pyridine rings is 1. The van der Waals surface area contributed by atoms with Gasteiger partial charge in [-0.15, -0.1) is 22.7 Å². The molecule has 5 heterocycles. The lowest BCUT2D eigenvalue weighted by Crippen LogP contribution is -1.94. The smallest absolute Gasteiger partial charge is 0.134 e. The van der Waals surface area contributed by atoms with Gasteiger partial charge in [-0.05, 0) is 77.2 Å². The van der Waals surface area contributed by atoms with Gasteiger partial charge in [0.25, 0.3) is 0 Å². The topological polar surface area (TPSA) is 39.2 Å². The minimum Gasteiger partial charge on any atom is -0.464 e. The second-order valence-electron chi connectivity index (χ2n) is 9.21. The highest BCUT2D eigenvalue weighted by molar-refractivity contribution is 7.17. The van der Waals surface area contributed by atoms with Crippen LogP contribution in [0.3, 0.4) is 0 Å². The third-order valence-electron chi connectivity index (χ3n) is 7.05. The lowest BCUT2D eigenvalue weighted by Gasteiger charge is -2.16. The first-order valence-corrected chi connectivity index (χ1v) is 14.1. The Morgan fingerprint density at radius 1 is 0.684 bits per heavy atom. The van der Waals surface area contributed by atoms with Crippen LogP contribution >= 0.6 is 22.7 Å². The minimum atomic E-state index is 0.847. The number of hydrogen-bond acceptors (Lipinski definition) is 5. The molecule has 0 aliphatic carbocycles. The number of furan rings is 2. The molecule has 8 aromatic rings. The predicted octanol–water partition coefficient (Wildman–Crippen LogP) is 10.5. The summed E-state index contributed by atoms with van der Waals surface area (Å²) in [6.45, 7) is 0. The van der Waals surface area contributed by atoms with Crippen molar-refractivity contribution in [2.75, 3.05) is 0 Å². The van der Waals surface area contributed by atoms with Gasteiger partial charge in [-0.3, -0.25) is 0 Å². The lowest BCUT2D eigenvalue weighted by molar-refractivity contribution is 0.582. The van der Waals surface area contributed by atoms with Gasteiger partial charge in [0.2, 0.25) is 0 Å². The quantitative estimate of drug-likeness (QED) is 0.229. The Kier molecular flexibility index (Phi) is 4.87. The number of nitrogens with zero attached hydrogens (tertiary/aromatic N) is 1. The first-order valence-electron chi connectivity index (χ1n) is 12.3. The Bertz CT molecular complexity index is 2080. The molecule has 3 nitrogen and oxygen atoms in total. The van der Waals surface area contributed by atoms with Crippen LogP contribution in [0.25, 0.3) is 76.1 Å². The van der Waals surface area contributed by atoms with Gasteiger partial charge < -0.3 is 8.83 Å². The van der Waals surface area contributed by atoms with Crippen molar-refractivity contribution in [2.24, 2.45) is 0 Å². The normalized spacial score (nSPS) is 11.7. The van der Waals surface area contributed by atoms with Crippen LogP contribution < -0.4 is 0 Å². The lowest BCUT2D eigenvalue weighted by atomic mass is 9.91. The third-order valence-corrected chi connectivity index (χ3v) is 8.90. The fraction of sp³-hybridized carbons (Fsp3) is 0. The van der Waals surface area contributed by atoms with Crippen molar-refractivity contribution in [3.05, 3.63) is 114 Å². The van der Waals surface area contributed by atoms with E-state index in [1.54, 1.807) is 35.2 Å². The zero-order chi connectivity index (χ0) is 25.1. The Labute approximate surface area is 226 Å². The van der Waals surface area contributed by atoms with Crippen LogP contribution in [0.4, 0.5) is 0 Å². The summed E-state index contributed by atoms with van der Waals surface area (Å²) in [4.78, 5) is 6.44. The van der Waals surface area contributed by atoms with Crippen molar-refractivity contribution in [2.45, 2.75) is 0 Å². The molecule has 0 bridgehead atoms. The van der Waals surface area contributed by atoms with Crippen LogP contribution in [0.5, 0.6) is 0 Å². The first-order chi connectivity index (χ1) is 18.8. The summed E-state index contributed by atoms with van der Waals surface area (Å²) in [5.74, 6) is 0.847. The van der Waals surface area contributed by atoms with E-state index in [9.17, 15) is 0 Å². The molecule has 0 N–H and O–H groups in total. The molecule has 0 saturated carbocycles. The van der Waals surface area contributed by atoms with Crippen molar-refractivity contribution in [1.29, 1.82) is 0 Å². The molecule has 0 radical (unpaired) electrons. The number of thiophene rings is 2. The second kappa shape index (κ2) is 8.55. The molecule has 5 heteroatoms. The molecule has 180 valence electrons. The Hall–Kier alpha value is -4.45. The van der Waals surface area contributed by atoms with Gasteiger partial charge in [0.1, 0.15) is 11.3 Å². The molecule has 0 spiro atoms. The standard InChI is InChI=1S/C33H19NO2S2/c1-2-7-30-22(5-1)25(19-38-30)27-18-24(20-9-12-28-21(17-20)13-15-36-28)32-26(34-27)11-10-23(29-6-3-14-35-29)33(32)31-8-4-16-37-31/h1-19H. The van der Waals surface area contributed by atoms with E-state index in [1.807, 2.05) is 18.2 Å². The van der Waals surface area contributed by atoms with Gasteiger partial charge in [0, 0.05) is 47.8 Å². The van der Waals surface area contributed by atoms with E-state index < -0.39 is 0 Å². The Morgan fingerprint density at radius 2 is 1.66 bits per heavy atom. The van der Waals surface area contributed by atoms with Crippen LogP contribution in [0.15, 0.2) is 123 Å². The van der Waals surface area contributed by atoms with Gasteiger partial charge in [-0.25, -0.2) is 4.98 Å². The van der Waals surface area contributed by atoms with Gasteiger partial charge in [0.05, 0.1) is 23.7 Å². The second-order valence-corrected chi connectivity index (χ2v) is 11.1. The van der Waals surface area contributed by atoms with Crippen molar-refractivity contribution >= 4 is 54.6 Å². The fourth-order valence-electron chi connectivity index (χ4n) is 5.32. The Morgan fingerprint density at radius 3 is 2.55 bits per heavy atom. The van der Waals surface area contributed by atoms with E-state index >= 15 is 0 Å². The van der Waals surface area contributed by atoms with Gasteiger partial charge in [0.15, 0.2) is 0 Å². The number of aromatic nitrogens is 1. The summed E-state index contributed by atoms with van der Waals surface area (Å²) in [5.41, 5.74) is 8.44. The molecule has 8 rings (SSSR count). The SMILES string of the molecule is c1coc(-c2ccc3nc(-c4csc5ccccc45)cc(-c4ccc5occc5c4)c3c2-c2cccs2)c1. The highest BCUT2D eigenvalue weighted by atomic mass is 32.1. The van der Waals surface area contributed by atoms with Crippen LogP contribution in [-0.2, 0) is 0 Å². The molecule has 0 amide bonds. The summed E-state index contributed by atoms with van der Waals surface area (Å²) < 4.78 is 12.8. The molecule has 0 fully saturated rings. The molecule has 0 unspecified atom stereocenters.